The Balaban J connectivity index is 1.85. The summed E-state index contributed by atoms with van der Waals surface area (Å²) in [7, 11) is 0. The molecule has 4 atom stereocenters. The minimum absolute atomic E-state index is 0.211. The average molecular weight is 567 g/mol. The third kappa shape index (κ3) is 4.06. The first-order chi connectivity index (χ1) is 20.0. The maximum absolute atomic E-state index is 14.3. The van der Waals surface area contributed by atoms with Gasteiger partial charge < -0.3 is 25.2 Å². The molecule has 9 nitrogen and oxygen atoms in total. The van der Waals surface area contributed by atoms with E-state index in [1.165, 1.54) is 103 Å². The molecule has 0 aromatic heterocycles. The fourth-order valence-electron chi connectivity index (χ4n) is 5.30. The van der Waals surface area contributed by atoms with Crippen molar-refractivity contribution < 1.29 is 44.3 Å². The van der Waals surface area contributed by atoms with Crippen molar-refractivity contribution >= 4 is 23.1 Å². The maximum Gasteiger partial charge on any atom is 0.272 e. The van der Waals surface area contributed by atoms with Crippen molar-refractivity contribution in [1.82, 2.24) is 0 Å². The zero-order valence-corrected chi connectivity index (χ0v) is 22.1. The standard InChI is InChI=1S/C33H26O9/c34-26(22-13-5-1-6-14-22)30(38)21-42-33(41,29(37)25-19-11-4-12-20-25)32(40,28(36)24-17-9-3-10-18-24)31(30,39)27(35)23-15-7-2-8-16-23/h1-20,38-41H,21H2/t30-,31+,32-,33-/m0/s1. The highest BCUT2D eigenvalue weighted by molar-refractivity contribution is 6.21. The largest absolute Gasteiger partial charge is 0.376 e. The van der Waals surface area contributed by atoms with Crippen molar-refractivity contribution in [2.75, 3.05) is 6.61 Å². The molecule has 0 saturated carbocycles. The molecule has 4 aromatic rings. The van der Waals surface area contributed by atoms with Gasteiger partial charge in [0.25, 0.3) is 5.79 Å². The van der Waals surface area contributed by atoms with Gasteiger partial charge in [-0.2, -0.15) is 0 Å². The van der Waals surface area contributed by atoms with Gasteiger partial charge in [-0.25, -0.2) is 0 Å². The van der Waals surface area contributed by atoms with Gasteiger partial charge in [-0.3, -0.25) is 19.2 Å². The fraction of sp³-hybridized carbons (Fsp3) is 0.152. The van der Waals surface area contributed by atoms with Crippen LogP contribution in [0.4, 0.5) is 0 Å². The summed E-state index contributed by atoms with van der Waals surface area (Å²) in [5.74, 6) is -9.43. The molecule has 1 saturated heterocycles. The number of aliphatic hydroxyl groups is 4. The van der Waals surface area contributed by atoms with Crippen LogP contribution < -0.4 is 0 Å². The number of ether oxygens (including phenoxy) is 1. The van der Waals surface area contributed by atoms with Gasteiger partial charge in [0.05, 0.1) is 6.61 Å². The van der Waals surface area contributed by atoms with E-state index in [9.17, 15) is 39.6 Å². The molecular formula is C33H26O9. The van der Waals surface area contributed by atoms with Crippen molar-refractivity contribution in [3.8, 4) is 0 Å². The number of ketones is 4. The SMILES string of the molecule is O=C(c1ccccc1)[C@]1(O)[C@@](O)(C(=O)c2ccccc2)[C@@](O)(C(=O)c2ccccc2)CO[C@@]1(O)C(=O)c1ccccc1. The number of Topliss-reactive ketones (excluding diaryl/α,β-unsaturated/α-hetero) is 4. The minimum atomic E-state index is -3.97. The highest BCUT2D eigenvalue weighted by Crippen LogP contribution is 2.51. The van der Waals surface area contributed by atoms with Crippen LogP contribution in [-0.4, -0.2) is 72.8 Å². The molecule has 42 heavy (non-hydrogen) atoms. The van der Waals surface area contributed by atoms with Gasteiger partial charge in [0.2, 0.25) is 28.6 Å². The van der Waals surface area contributed by atoms with Gasteiger partial charge >= 0.3 is 0 Å². The quantitative estimate of drug-likeness (QED) is 0.235. The first-order valence-corrected chi connectivity index (χ1v) is 13.0. The number of hydrogen-bond donors (Lipinski definition) is 4. The van der Waals surface area contributed by atoms with Crippen molar-refractivity contribution in [2.24, 2.45) is 0 Å². The van der Waals surface area contributed by atoms with Crippen LogP contribution in [0.5, 0.6) is 0 Å². The molecule has 4 aromatic carbocycles. The normalized spacial score (nSPS) is 27.1. The van der Waals surface area contributed by atoms with Gasteiger partial charge in [-0.1, -0.05) is 121 Å². The second-order valence-electron chi connectivity index (χ2n) is 9.99. The molecule has 0 unspecified atom stereocenters. The second-order valence-corrected chi connectivity index (χ2v) is 9.99. The van der Waals surface area contributed by atoms with E-state index in [1.807, 2.05) is 0 Å². The summed E-state index contributed by atoms with van der Waals surface area (Å²) in [4.78, 5) is 56.4. The summed E-state index contributed by atoms with van der Waals surface area (Å²) < 4.78 is 5.43. The van der Waals surface area contributed by atoms with Gasteiger partial charge in [0.15, 0.2) is 11.4 Å². The molecule has 1 aliphatic heterocycles. The smallest absolute Gasteiger partial charge is 0.272 e. The minimum Gasteiger partial charge on any atom is -0.376 e. The predicted molar refractivity (Wildman–Crippen MR) is 149 cm³/mol. The van der Waals surface area contributed by atoms with E-state index in [0.29, 0.717) is 0 Å². The Morgan fingerprint density at radius 1 is 0.452 bits per heavy atom. The average Bonchev–Trinajstić information content (AvgIpc) is 3.05. The van der Waals surface area contributed by atoms with E-state index >= 15 is 0 Å². The van der Waals surface area contributed by atoms with E-state index < -0.39 is 52.3 Å². The van der Waals surface area contributed by atoms with Gasteiger partial charge in [-0.15, -0.1) is 0 Å². The summed E-state index contributed by atoms with van der Waals surface area (Å²) in [6.07, 6.45) is 0. The molecule has 0 spiro atoms. The summed E-state index contributed by atoms with van der Waals surface area (Å²) in [5, 5.41) is 49.1. The molecule has 212 valence electrons. The Labute approximate surface area is 240 Å². The van der Waals surface area contributed by atoms with E-state index in [0.717, 1.165) is 0 Å². The summed E-state index contributed by atoms with van der Waals surface area (Å²) in [6.45, 7) is -1.35. The lowest BCUT2D eigenvalue weighted by molar-refractivity contribution is -0.351. The van der Waals surface area contributed by atoms with Gasteiger partial charge in [0.1, 0.15) is 0 Å². The molecular weight excluding hydrogens is 540 g/mol. The Kier molecular flexibility index (Phi) is 7.32. The second kappa shape index (κ2) is 10.6. The van der Waals surface area contributed by atoms with Crippen molar-refractivity contribution in [3.63, 3.8) is 0 Å². The van der Waals surface area contributed by atoms with Crippen LogP contribution in [0.1, 0.15) is 41.4 Å². The van der Waals surface area contributed by atoms with Gasteiger partial charge in [-0.05, 0) is 0 Å². The van der Waals surface area contributed by atoms with Crippen LogP contribution in [0.15, 0.2) is 121 Å². The lowest BCUT2D eigenvalue weighted by Crippen LogP contribution is -2.89. The van der Waals surface area contributed by atoms with Crippen LogP contribution in [0.25, 0.3) is 0 Å². The Hall–Kier alpha value is -4.64. The number of benzene rings is 4. The van der Waals surface area contributed by atoms with Crippen molar-refractivity contribution in [3.05, 3.63) is 144 Å². The van der Waals surface area contributed by atoms with Crippen LogP contribution in [0, 0.1) is 0 Å². The van der Waals surface area contributed by atoms with Crippen LogP contribution in [-0.2, 0) is 4.74 Å². The number of rotatable bonds is 8. The molecule has 0 radical (unpaired) electrons. The summed E-state index contributed by atoms with van der Waals surface area (Å²) >= 11 is 0. The predicted octanol–water partition coefficient (Wildman–Crippen LogP) is 2.43. The Bertz CT molecular complexity index is 1520. The lowest BCUT2D eigenvalue weighted by Gasteiger charge is -2.57. The zero-order chi connectivity index (χ0) is 30.2. The topological polar surface area (TPSA) is 158 Å². The third-order valence-corrected chi connectivity index (χ3v) is 7.59. The molecule has 1 heterocycles. The molecule has 0 aliphatic carbocycles. The van der Waals surface area contributed by atoms with Crippen LogP contribution >= 0.6 is 0 Å². The number of carbonyl (C=O) groups is 4. The summed E-state index contributed by atoms with van der Waals surface area (Å²) in [6, 6.07) is 27.5. The molecule has 0 amide bonds. The van der Waals surface area contributed by atoms with Crippen LogP contribution in [0.3, 0.4) is 0 Å². The summed E-state index contributed by atoms with van der Waals surface area (Å²) in [5.41, 5.74) is -12.4. The van der Waals surface area contributed by atoms with E-state index in [-0.39, 0.29) is 22.3 Å². The first-order valence-electron chi connectivity index (χ1n) is 13.0. The molecule has 0 bridgehead atoms. The lowest BCUT2D eigenvalue weighted by atomic mass is 9.57. The highest BCUT2D eigenvalue weighted by atomic mass is 16.7. The Morgan fingerprint density at radius 2 is 0.762 bits per heavy atom. The number of carbonyl (C=O) groups excluding carboxylic acids is 4. The fourth-order valence-corrected chi connectivity index (χ4v) is 5.30. The Morgan fingerprint density at radius 3 is 1.14 bits per heavy atom. The molecule has 1 aliphatic rings. The van der Waals surface area contributed by atoms with E-state index in [1.54, 1.807) is 18.2 Å². The van der Waals surface area contributed by atoms with E-state index in [2.05, 4.69) is 0 Å². The monoisotopic (exact) mass is 566 g/mol. The highest BCUT2D eigenvalue weighted by Gasteiger charge is 2.83. The molecule has 9 heteroatoms. The maximum atomic E-state index is 14.3. The molecule has 4 N–H and O–H groups in total. The van der Waals surface area contributed by atoms with Crippen molar-refractivity contribution in [1.29, 1.82) is 0 Å². The zero-order valence-electron chi connectivity index (χ0n) is 22.1. The molecule has 1 fully saturated rings. The first kappa shape index (κ1) is 28.9. The van der Waals surface area contributed by atoms with Crippen LogP contribution in [0.2, 0.25) is 0 Å². The molecule has 5 rings (SSSR count). The number of hydrogen-bond acceptors (Lipinski definition) is 9. The van der Waals surface area contributed by atoms with Gasteiger partial charge in [0, 0.05) is 22.3 Å². The van der Waals surface area contributed by atoms with Crippen molar-refractivity contribution in [2.45, 2.75) is 22.6 Å². The van der Waals surface area contributed by atoms with E-state index in [4.69, 9.17) is 4.74 Å². The third-order valence-electron chi connectivity index (χ3n) is 7.59.